The smallest absolute Gasteiger partial charge is 0.329 e. The summed E-state index contributed by atoms with van der Waals surface area (Å²) in [5.41, 5.74) is 1.73. The molecule has 3 heterocycles. The average Bonchev–Trinajstić information content (AvgIpc) is 3.32. The molecule has 384 valence electrons. The summed E-state index contributed by atoms with van der Waals surface area (Å²) in [7, 11) is 4.78. The van der Waals surface area contributed by atoms with Crippen LogP contribution in [0, 0.1) is 41.4 Å². The number of cyclic esters (lactones) is 1. The highest BCUT2D eigenvalue weighted by Gasteiger charge is 2.53. The molecule has 1 unspecified atom stereocenters. The van der Waals surface area contributed by atoms with Gasteiger partial charge >= 0.3 is 5.97 Å². The van der Waals surface area contributed by atoms with E-state index in [1.807, 2.05) is 65.0 Å². The second-order valence-corrected chi connectivity index (χ2v) is 20.5. The number of carbonyl (C=O) groups is 5. The van der Waals surface area contributed by atoms with Gasteiger partial charge in [0.15, 0.2) is 5.78 Å². The Hall–Kier alpha value is -3.37. The fourth-order valence-electron chi connectivity index (χ4n) is 10.7. The molecule has 14 nitrogen and oxygen atoms in total. The molecule has 2 N–H and O–H groups in total. The van der Waals surface area contributed by atoms with Crippen molar-refractivity contribution in [3.63, 3.8) is 0 Å². The number of methoxy groups -OCH3 is 3. The zero-order valence-corrected chi connectivity index (χ0v) is 43.0. The molecule has 3 aliphatic heterocycles. The van der Waals surface area contributed by atoms with Crippen LogP contribution in [0.25, 0.3) is 0 Å². The predicted octanol–water partition coefficient (Wildman–Crippen LogP) is 7.47. The Labute approximate surface area is 406 Å². The number of nitrogens with zero attached hydrogens (tertiary/aromatic N) is 1. The number of allylic oxidation sites excluding steroid dienone is 6. The minimum atomic E-state index is -2.42. The van der Waals surface area contributed by atoms with Gasteiger partial charge in [0, 0.05) is 64.4 Å². The van der Waals surface area contributed by atoms with Crippen LogP contribution in [0.15, 0.2) is 47.6 Å². The largest absolute Gasteiger partial charge is 0.460 e. The van der Waals surface area contributed by atoms with Crippen molar-refractivity contribution in [2.45, 2.75) is 181 Å². The van der Waals surface area contributed by atoms with Gasteiger partial charge in [-0.05, 0) is 101 Å². The minimum Gasteiger partial charge on any atom is -0.460 e. The fraction of sp³-hybridized carbons (Fsp3) is 0.759. The number of amides is 1. The van der Waals surface area contributed by atoms with Crippen molar-refractivity contribution in [2.75, 3.05) is 41.1 Å². The van der Waals surface area contributed by atoms with Crippen molar-refractivity contribution in [1.82, 2.24) is 4.90 Å². The third kappa shape index (κ3) is 15.3. The van der Waals surface area contributed by atoms with Crippen LogP contribution in [0.2, 0.25) is 0 Å². The highest BCUT2D eigenvalue weighted by atomic mass is 16.6. The maximum Gasteiger partial charge on any atom is 0.329 e. The first-order valence-corrected chi connectivity index (χ1v) is 25.3. The molecule has 1 amide bonds. The summed E-state index contributed by atoms with van der Waals surface area (Å²) in [5, 5.41) is 21.3. The maximum atomic E-state index is 14.5. The molecular weight excluding hydrogens is 871 g/mol. The number of hydrogen-bond acceptors (Lipinski definition) is 13. The summed E-state index contributed by atoms with van der Waals surface area (Å²) in [6, 6.07) is -1.11. The van der Waals surface area contributed by atoms with Crippen LogP contribution in [0.4, 0.5) is 0 Å². The molecule has 2 saturated heterocycles. The van der Waals surface area contributed by atoms with Gasteiger partial charge in [-0.25, -0.2) is 4.79 Å². The molecule has 0 aromatic rings. The summed E-state index contributed by atoms with van der Waals surface area (Å²) in [5.74, 6) is -7.32. The standard InChI is InChI=1S/C54H85NO13/c1-33-17-13-12-14-18-34(2)46(63-9)31-42-22-20-39(7)54(62,68-42)51(59)52(60)55-24-16-15-19-43(55)53(61)67-47(37(5)29-41-21-23-45(66-26-25-56)48(30-41)64-10)32-44(57)36(4)28-35(3)40(8)50(65-11)49(58)38(6)27-33/h12-14,17-18,28,33,36-43,45-48,50,56,62H,15-16,19-27,29-32H2,1-11H3/b14-12+,17-13+,34-18+,35-28+/t33-,36-,37-,38-,39-,40-,41+,42+,43+,45+,46+,47?,48-,50-,54-/m1/s1. The van der Waals surface area contributed by atoms with E-state index in [0.29, 0.717) is 51.4 Å². The molecule has 0 spiro atoms. The molecule has 4 aliphatic rings. The zero-order valence-electron chi connectivity index (χ0n) is 43.0. The second-order valence-electron chi connectivity index (χ2n) is 20.5. The van der Waals surface area contributed by atoms with Gasteiger partial charge in [-0.3, -0.25) is 19.2 Å². The first-order valence-electron chi connectivity index (χ1n) is 25.3. The summed E-state index contributed by atoms with van der Waals surface area (Å²) < 4.78 is 35.9. The predicted molar refractivity (Wildman–Crippen MR) is 259 cm³/mol. The number of hydrogen-bond donors (Lipinski definition) is 2. The van der Waals surface area contributed by atoms with Gasteiger partial charge in [-0.1, -0.05) is 83.6 Å². The Morgan fingerprint density at radius 3 is 2.25 bits per heavy atom. The summed E-state index contributed by atoms with van der Waals surface area (Å²) in [6.07, 6.45) is 14.8. The Morgan fingerprint density at radius 2 is 1.57 bits per heavy atom. The molecule has 14 heteroatoms. The van der Waals surface area contributed by atoms with E-state index in [9.17, 15) is 34.2 Å². The topological polar surface area (TPSA) is 184 Å². The van der Waals surface area contributed by atoms with Crippen molar-refractivity contribution in [3.8, 4) is 0 Å². The van der Waals surface area contributed by atoms with Gasteiger partial charge in [0.25, 0.3) is 11.7 Å². The number of piperidine rings is 1. The number of aliphatic hydroxyl groups is 2. The second kappa shape index (κ2) is 27.3. The van der Waals surface area contributed by atoms with E-state index >= 15 is 0 Å². The Bertz CT molecular complexity index is 1810. The van der Waals surface area contributed by atoms with Crippen LogP contribution < -0.4 is 0 Å². The molecular formula is C54H85NO13. The number of ketones is 3. The fourth-order valence-corrected chi connectivity index (χ4v) is 10.7. The third-order valence-corrected chi connectivity index (χ3v) is 15.3. The number of fused-ring (bicyclic) bond motifs is 3. The maximum absolute atomic E-state index is 14.5. The lowest BCUT2D eigenvalue weighted by Crippen LogP contribution is -2.61. The SMILES string of the molecule is CO[C@H]1C[C@@H]2CC[C@@H](C)[C@@](O)(O2)C(=O)C(=O)N2CCCC[C@H]2C(=O)OC([C@H](C)C[C@@H]2CC[C@H](OCCO)[C@H](OC)C2)CC(=O)[C@H](C)/C=C(\C)[C@@H](C)[C@@H](OC)C(=O)[C@H](C)C[C@H](C)/C=C/C=C/C=C/1C. The summed E-state index contributed by atoms with van der Waals surface area (Å²) in [6.45, 7) is 15.5. The van der Waals surface area contributed by atoms with E-state index in [2.05, 4.69) is 13.0 Å². The van der Waals surface area contributed by atoms with Gasteiger partial charge in [0.05, 0.1) is 37.6 Å². The highest BCUT2D eigenvalue weighted by Crippen LogP contribution is 2.38. The highest BCUT2D eigenvalue weighted by molar-refractivity contribution is 6.39. The van der Waals surface area contributed by atoms with Gasteiger partial charge < -0.3 is 43.5 Å². The van der Waals surface area contributed by atoms with E-state index < -0.39 is 65.7 Å². The molecule has 4 rings (SSSR count). The molecule has 1 saturated carbocycles. The lowest BCUT2D eigenvalue weighted by Gasteiger charge is -2.42. The number of esters is 1. The van der Waals surface area contributed by atoms with Crippen molar-refractivity contribution in [2.24, 2.45) is 41.4 Å². The minimum absolute atomic E-state index is 0.00654. The molecule has 68 heavy (non-hydrogen) atoms. The summed E-state index contributed by atoms with van der Waals surface area (Å²) in [4.78, 5) is 72.5. The van der Waals surface area contributed by atoms with Crippen LogP contribution in [-0.2, 0) is 52.4 Å². The van der Waals surface area contributed by atoms with Gasteiger partial charge in [0.2, 0.25) is 5.79 Å². The van der Waals surface area contributed by atoms with Crippen molar-refractivity contribution in [3.05, 3.63) is 47.6 Å². The van der Waals surface area contributed by atoms with E-state index in [4.69, 9.17) is 28.4 Å². The molecule has 0 radical (unpaired) electrons. The average molecular weight is 956 g/mol. The molecule has 0 aromatic heterocycles. The van der Waals surface area contributed by atoms with Crippen LogP contribution in [0.5, 0.6) is 0 Å². The van der Waals surface area contributed by atoms with Crippen molar-refractivity contribution in [1.29, 1.82) is 0 Å². The molecule has 3 fully saturated rings. The van der Waals surface area contributed by atoms with Crippen LogP contribution >= 0.6 is 0 Å². The number of ether oxygens (including phenoxy) is 6. The quantitative estimate of drug-likeness (QED) is 0.132. The van der Waals surface area contributed by atoms with Gasteiger partial charge in [-0.2, -0.15) is 0 Å². The van der Waals surface area contributed by atoms with Crippen LogP contribution in [0.3, 0.4) is 0 Å². The first-order chi connectivity index (χ1) is 32.3. The monoisotopic (exact) mass is 956 g/mol. The number of aliphatic hydroxyl groups excluding tert-OH is 1. The van der Waals surface area contributed by atoms with Gasteiger partial charge in [-0.15, -0.1) is 0 Å². The molecule has 0 aromatic carbocycles. The lowest BCUT2D eigenvalue weighted by atomic mass is 9.78. The van der Waals surface area contributed by atoms with Crippen molar-refractivity contribution >= 4 is 29.2 Å². The Kier molecular flexibility index (Phi) is 23.0. The molecule has 15 atom stereocenters. The van der Waals surface area contributed by atoms with E-state index in [-0.39, 0.29) is 86.0 Å². The lowest BCUT2D eigenvalue weighted by molar-refractivity contribution is -0.265. The third-order valence-electron chi connectivity index (χ3n) is 15.3. The van der Waals surface area contributed by atoms with Gasteiger partial charge in [0.1, 0.15) is 24.0 Å². The first kappa shape index (κ1) is 57.2. The van der Waals surface area contributed by atoms with Crippen LogP contribution in [0.1, 0.15) is 132 Å². The normalized spacial score (nSPS) is 39.2. The van der Waals surface area contributed by atoms with Crippen LogP contribution in [-0.4, -0.2) is 134 Å². The van der Waals surface area contributed by atoms with E-state index in [1.54, 1.807) is 28.1 Å². The number of carbonyl (C=O) groups excluding carboxylic acids is 5. The Morgan fingerprint density at radius 1 is 0.838 bits per heavy atom. The zero-order chi connectivity index (χ0) is 50.3. The molecule has 2 bridgehead atoms. The number of rotatable bonds is 9. The summed E-state index contributed by atoms with van der Waals surface area (Å²) >= 11 is 0. The Balaban J connectivity index is 1.70. The molecule has 1 aliphatic carbocycles. The van der Waals surface area contributed by atoms with E-state index in [0.717, 1.165) is 24.0 Å². The number of Topliss-reactive ketones (excluding diaryl/α,β-unsaturated/α-hetero) is 3. The van der Waals surface area contributed by atoms with E-state index in [1.165, 1.54) is 12.0 Å². The van der Waals surface area contributed by atoms with Crippen molar-refractivity contribution < 1.29 is 62.6 Å².